The van der Waals surface area contributed by atoms with Crippen molar-refractivity contribution in [2.45, 2.75) is 83.6 Å². The van der Waals surface area contributed by atoms with E-state index in [4.69, 9.17) is 22.1 Å². The second-order valence-corrected chi connectivity index (χ2v) is 15.3. The molecule has 0 spiro atoms. The molecule has 4 rings (SSSR count). The second-order valence-electron chi connectivity index (χ2n) is 13.9. The molecule has 0 aliphatic heterocycles. The second kappa shape index (κ2) is 16.1. The van der Waals surface area contributed by atoms with E-state index in [1.807, 2.05) is 51.1 Å². The zero-order valence-corrected chi connectivity index (χ0v) is 28.9. The Bertz CT molecular complexity index is 1470. The van der Waals surface area contributed by atoms with Gasteiger partial charge in [-0.3, -0.25) is 4.79 Å². The number of aliphatic hydroxyl groups is 1. The van der Waals surface area contributed by atoms with E-state index in [1.165, 1.54) is 12.0 Å². The van der Waals surface area contributed by atoms with Crippen molar-refractivity contribution in [3.8, 4) is 0 Å². The molecule has 1 atom stereocenters. The van der Waals surface area contributed by atoms with E-state index < -0.39 is 21.3 Å². The number of hydrogen-bond acceptors (Lipinski definition) is 9. The molecule has 254 valence electrons. The average molecular weight is 658 g/mol. The van der Waals surface area contributed by atoms with Crippen LogP contribution in [0.3, 0.4) is 0 Å². The third kappa shape index (κ3) is 12.6. The van der Waals surface area contributed by atoms with Crippen LogP contribution >= 0.6 is 0 Å². The minimum absolute atomic E-state index is 0.100. The van der Waals surface area contributed by atoms with Crippen LogP contribution in [0.5, 0.6) is 0 Å². The molecule has 2 aromatic carbocycles. The van der Waals surface area contributed by atoms with E-state index in [2.05, 4.69) is 48.7 Å². The number of rotatable bonds is 12. The molecule has 1 aliphatic carbocycles. The zero-order chi connectivity index (χ0) is 34.0. The van der Waals surface area contributed by atoms with Crippen molar-refractivity contribution in [1.82, 2.24) is 10.3 Å². The fourth-order valence-electron chi connectivity index (χ4n) is 5.75. The Morgan fingerprint density at radius 3 is 2.22 bits per heavy atom. The summed E-state index contributed by atoms with van der Waals surface area (Å²) < 4.78 is 39.6. The van der Waals surface area contributed by atoms with E-state index in [0.29, 0.717) is 25.2 Å². The number of carbonyl (C=O) groups is 1. The van der Waals surface area contributed by atoms with Crippen LogP contribution < -0.4 is 5.32 Å². The van der Waals surface area contributed by atoms with Gasteiger partial charge < -0.3 is 28.6 Å². The van der Waals surface area contributed by atoms with Crippen molar-refractivity contribution >= 4 is 16.1 Å². The SMILES string of the molecule is CC(C)(C)OC(=O)CNCc1ccc(CC[N+](C)(C)Cc2cnc([C@](O)(c3ccccc3)C3CCCCC3)o2)cc1.CS(=O)(=O)[O-]. The predicted molar refractivity (Wildman–Crippen MR) is 177 cm³/mol. The number of ether oxygens (including phenoxy) is 1. The van der Waals surface area contributed by atoms with Gasteiger partial charge in [-0.15, -0.1) is 0 Å². The molecular weight excluding hydrogens is 606 g/mol. The molecule has 1 saturated carbocycles. The summed E-state index contributed by atoms with van der Waals surface area (Å²) in [6, 6.07) is 18.4. The number of oxazole rings is 1. The summed E-state index contributed by atoms with van der Waals surface area (Å²) in [5.41, 5.74) is 1.58. The highest BCUT2D eigenvalue weighted by molar-refractivity contribution is 7.84. The molecule has 1 heterocycles. The molecule has 46 heavy (non-hydrogen) atoms. The van der Waals surface area contributed by atoms with Crippen molar-refractivity contribution < 1.29 is 36.5 Å². The van der Waals surface area contributed by atoms with Gasteiger partial charge in [0.15, 0.2) is 11.4 Å². The van der Waals surface area contributed by atoms with Crippen LogP contribution in [0.15, 0.2) is 65.2 Å². The molecule has 1 aromatic heterocycles. The molecule has 10 nitrogen and oxygen atoms in total. The Labute approximate surface area is 274 Å². The molecule has 0 saturated heterocycles. The van der Waals surface area contributed by atoms with Gasteiger partial charge in [-0.25, -0.2) is 13.4 Å². The Kier molecular flexibility index (Phi) is 13.1. The van der Waals surface area contributed by atoms with Gasteiger partial charge in [0.25, 0.3) is 0 Å². The number of quaternary nitrogens is 1. The lowest BCUT2D eigenvalue weighted by Crippen LogP contribution is -2.40. The van der Waals surface area contributed by atoms with Gasteiger partial charge in [0.05, 0.1) is 43.5 Å². The highest BCUT2D eigenvalue weighted by atomic mass is 32.2. The first-order valence-corrected chi connectivity index (χ1v) is 17.7. The molecule has 0 amide bonds. The van der Waals surface area contributed by atoms with E-state index in [1.54, 1.807) is 6.20 Å². The molecule has 0 unspecified atom stereocenters. The van der Waals surface area contributed by atoms with Gasteiger partial charge in [-0.2, -0.15) is 0 Å². The smallest absolute Gasteiger partial charge is 0.320 e. The Morgan fingerprint density at radius 1 is 1.04 bits per heavy atom. The van der Waals surface area contributed by atoms with Crippen molar-refractivity contribution in [2.24, 2.45) is 5.92 Å². The van der Waals surface area contributed by atoms with Gasteiger partial charge >= 0.3 is 5.97 Å². The highest BCUT2D eigenvalue weighted by Crippen LogP contribution is 2.43. The Balaban J connectivity index is 0.00000107. The van der Waals surface area contributed by atoms with Crippen LogP contribution in [-0.2, 0) is 44.8 Å². The molecule has 1 fully saturated rings. The molecule has 0 bridgehead atoms. The minimum Gasteiger partial charge on any atom is -0.748 e. The molecule has 2 N–H and O–H groups in total. The lowest BCUT2D eigenvalue weighted by molar-refractivity contribution is -0.904. The minimum atomic E-state index is -3.92. The first-order chi connectivity index (χ1) is 21.4. The van der Waals surface area contributed by atoms with Crippen LogP contribution in [0, 0.1) is 5.92 Å². The summed E-state index contributed by atoms with van der Waals surface area (Å²) in [7, 11) is 0.476. The van der Waals surface area contributed by atoms with Crippen molar-refractivity contribution in [1.29, 1.82) is 0 Å². The maximum Gasteiger partial charge on any atom is 0.320 e. The standard InChI is InChI=1S/C34H48N3O4.CH4O3S/c1-33(2,3)41-31(38)24-35-22-27-18-16-26(17-19-27)20-21-37(4,5)25-30-23-36-32(40-30)34(39,28-12-8-6-9-13-28)29-14-10-7-11-15-29;1-5(2,3)4/h6,8-9,12-13,16-19,23,29,35,39H,7,10-11,14-15,20-22,24-25H2,1-5H3;1H3,(H,2,3,4)/q+1;/p-1/t34-;/m0./s1. The van der Waals surface area contributed by atoms with E-state index >= 15 is 0 Å². The number of nitrogens with zero attached hydrogens (tertiary/aromatic N) is 2. The largest absolute Gasteiger partial charge is 0.748 e. The predicted octanol–water partition coefficient (Wildman–Crippen LogP) is 4.90. The summed E-state index contributed by atoms with van der Waals surface area (Å²) in [6.45, 7) is 8.04. The summed E-state index contributed by atoms with van der Waals surface area (Å²) in [4.78, 5) is 16.5. The van der Waals surface area contributed by atoms with E-state index in [9.17, 15) is 9.90 Å². The van der Waals surface area contributed by atoms with Gasteiger partial charge in [-0.1, -0.05) is 73.9 Å². The van der Waals surface area contributed by atoms with Crippen LogP contribution in [-0.4, -0.2) is 72.6 Å². The van der Waals surface area contributed by atoms with Gasteiger partial charge in [-0.05, 0) is 50.3 Å². The van der Waals surface area contributed by atoms with Crippen LogP contribution in [0.4, 0.5) is 0 Å². The fourth-order valence-corrected chi connectivity index (χ4v) is 5.75. The zero-order valence-electron chi connectivity index (χ0n) is 28.1. The third-order valence-corrected chi connectivity index (χ3v) is 7.92. The Morgan fingerprint density at radius 2 is 1.63 bits per heavy atom. The lowest BCUT2D eigenvalue weighted by Gasteiger charge is -2.36. The van der Waals surface area contributed by atoms with Gasteiger partial charge in [0.1, 0.15) is 12.1 Å². The number of carbonyl (C=O) groups excluding carboxylic acids is 1. The average Bonchev–Trinajstić information content (AvgIpc) is 3.44. The number of nitrogens with one attached hydrogen (secondary N) is 1. The van der Waals surface area contributed by atoms with Gasteiger partial charge in [0.2, 0.25) is 5.89 Å². The van der Waals surface area contributed by atoms with Crippen molar-refractivity contribution in [3.05, 3.63) is 89.1 Å². The quantitative estimate of drug-likeness (QED) is 0.158. The normalized spacial score (nSPS) is 15.8. The highest BCUT2D eigenvalue weighted by Gasteiger charge is 2.44. The Hall–Kier alpha value is -3.09. The van der Waals surface area contributed by atoms with Crippen molar-refractivity contribution in [3.63, 3.8) is 0 Å². The summed E-state index contributed by atoms with van der Waals surface area (Å²) in [6.07, 6.45) is 8.75. The molecule has 3 aromatic rings. The number of esters is 1. The first kappa shape index (κ1) is 37.4. The fraction of sp³-hybridized carbons (Fsp3) is 0.543. The monoisotopic (exact) mass is 657 g/mol. The van der Waals surface area contributed by atoms with Crippen LogP contribution in [0.25, 0.3) is 0 Å². The maximum atomic E-state index is 12.1. The van der Waals surface area contributed by atoms with Gasteiger partial charge in [0, 0.05) is 25.1 Å². The van der Waals surface area contributed by atoms with Crippen LogP contribution in [0.1, 0.15) is 81.2 Å². The first-order valence-electron chi connectivity index (χ1n) is 15.9. The van der Waals surface area contributed by atoms with Crippen LogP contribution in [0.2, 0.25) is 0 Å². The number of likely N-dealkylation sites (N-methyl/N-ethyl adjacent to an activating group) is 1. The molecular formula is C35H51N3O7S. The van der Waals surface area contributed by atoms with Crippen molar-refractivity contribution in [2.75, 3.05) is 33.4 Å². The topological polar surface area (TPSA) is 142 Å². The molecule has 1 aliphatic rings. The van der Waals surface area contributed by atoms with E-state index in [-0.39, 0.29) is 18.4 Å². The maximum absolute atomic E-state index is 12.1. The molecule has 11 heteroatoms. The summed E-state index contributed by atoms with van der Waals surface area (Å²) in [5.74, 6) is 1.07. The van der Waals surface area contributed by atoms with E-state index in [0.717, 1.165) is 60.0 Å². The number of hydrogen-bond donors (Lipinski definition) is 2. The number of aromatic nitrogens is 1. The molecule has 0 radical (unpaired) electrons. The number of benzene rings is 2. The summed E-state index contributed by atoms with van der Waals surface area (Å²) in [5, 5.41) is 15.3. The third-order valence-electron chi connectivity index (χ3n) is 7.92. The lowest BCUT2D eigenvalue weighted by atomic mass is 9.73. The summed E-state index contributed by atoms with van der Waals surface area (Å²) >= 11 is 0.